The van der Waals surface area contributed by atoms with Crippen molar-refractivity contribution in [1.82, 2.24) is 20.4 Å². The maximum atomic E-state index is 12.0. The third-order valence-electron chi connectivity index (χ3n) is 5.57. The topological polar surface area (TPSA) is 60.0 Å². The number of rotatable bonds is 7. The van der Waals surface area contributed by atoms with E-state index in [2.05, 4.69) is 43.2 Å². The summed E-state index contributed by atoms with van der Waals surface area (Å²) in [5, 5.41) is 6.87. The number of carbonyl (C=O) groups excluding carboxylic acids is 1. The molecule has 1 unspecified atom stereocenters. The minimum Gasteiger partial charge on any atom is -0.357 e. The summed E-state index contributed by atoms with van der Waals surface area (Å²) in [6, 6.07) is 7.69. The third-order valence-corrected chi connectivity index (χ3v) is 5.57. The fraction of sp³-hybridized carbons (Fsp3) is 0.652. The average molecular weight is 402 g/mol. The predicted octanol–water partition coefficient (Wildman–Crippen LogP) is 2.95. The number of piperidine rings is 1. The Kier molecular flexibility index (Phi) is 8.50. The van der Waals surface area contributed by atoms with Crippen LogP contribution in [0.2, 0.25) is 0 Å². The molecule has 29 heavy (non-hydrogen) atoms. The standard InChI is InChI=1S/C23H39N5O/c1-7-24-22(26-17-23(3,4)28-14-8-9-18(2)16-28)25-15-19-10-12-20(13-11-19)21(29)27(5)6/h10-13,18H,7-9,14-17H2,1-6H3,(H2,24,25,26). The van der Waals surface area contributed by atoms with E-state index in [1.54, 1.807) is 19.0 Å². The molecule has 0 saturated carbocycles. The number of likely N-dealkylation sites (tertiary alicyclic amines) is 1. The summed E-state index contributed by atoms with van der Waals surface area (Å²) in [6.45, 7) is 13.6. The molecule has 2 N–H and O–H groups in total. The highest BCUT2D eigenvalue weighted by Gasteiger charge is 2.30. The number of nitrogens with one attached hydrogen (secondary N) is 2. The highest BCUT2D eigenvalue weighted by atomic mass is 16.2. The maximum absolute atomic E-state index is 12.0. The Morgan fingerprint density at radius 2 is 1.93 bits per heavy atom. The molecule has 1 saturated heterocycles. The number of guanidine groups is 1. The molecule has 1 amide bonds. The zero-order chi connectivity index (χ0) is 21.4. The number of hydrogen-bond acceptors (Lipinski definition) is 3. The van der Waals surface area contributed by atoms with Crippen molar-refractivity contribution in [3.8, 4) is 0 Å². The lowest BCUT2D eigenvalue weighted by Crippen LogP contribution is -2.55. The highest BCUT2D eigenvalue weighted by Crippen LogP contribution is 2.23. The van der Waals surface area contributed by atoms with Crippen LogP contribution in [0.4, 0.5) is 0 Å². The second kappa shape index (κ2) is 10.6. The first-order valence-electron chi connectivity index (χ1n) is 10.8. The zero-order valence-electron chi connectivity index (χ0n) is 19.1. The first kappa shape index (κ1) is 23.2. The normalized spacial score (nSPS) is 18.4. The summed E-state index contributed by atoms with van der Waals surface area (Å²) < 4.78 is 0. The van der Waals surface area contributed by atoms with Crippen LogP contribution in [0.1, 0.15) is 56.5 Å². The number of aliphatic imine (C=N–C) groups is 1. The number of carbonyl (C=O) groups is 1. The molecule has 1 aromatic carbocycles. The van der Waals surface area contributed by atoms with Gasteiger partial charge in [0, 0.05) is 44.8 Å². The molecule has 0 bridgehead atoms. The van der Waals surface area contributed by atoms with Gasteiger partial charge in [-0.15, -0.1) is 0 Å². The lowest BCUT2D eigenvalue weighted by Gasteiger charge is -2.43. The summed E-state index contributed by atoms with van der Waals surface area (Å²) in [6.07, 6.45) is 2.62. The van der Waals surface area contributed by atoms with Crippen LogP contribution in [0.3, 0.4) is 0 Å². The minimum absolute atomic E-state index is 0.0179. The molecule has 1 aliphatic heterocycles. The van der Waals surface area contributed by atoms with Gasteiger partial charge in [-0.05, 0) is 63.8 Å². The second-order valence-corrected chi connectivity index (χ2v) is 8.95. The van der Waals surface area contributed by atoms with Crippen LogP contribution in [0.15, 0.2) is 29.3 Å². The Bertz CT molecular complexity index is 681. The van der Waals surface area contributed by atoms with E-state index < -0.39 is 0 Å². The molecule has 6 nitrogen and oxygen atoms in total. The molecular formula is C23H39N5O. The fourth-order valence-corrected chi connectivity index (χ4v) is 3.67. The Morgan fingerprint density at radius 1 is 1.24 bits per heavy atom. The molecule has 2 rings (SSSR count). The first-order chi connectivity index (χ1) is 13.7. The quantitative estimate of drug-likeness (QED) is 0.545. The van der Waals surface area contributed by atoms with Crippen molar-refractivity contribution in [2.24, 2.45) is 10.9 Å². The molecule has 0 aromatic heterocycles. The van der Waals surface area contributed by atoms with Gasteiger partial charge in [-0.25, -0.2) is 4.99 Å². The van der Waals surface area contributed by atoms with Gasteiger partial charge >= 0.3 is 0 Å². The summed E-state index contributed by atoms with van der Waals surface area (Å²) in [4.78, 5) is 20.9. The Morgan fingerprint density at radius 3 is 2.52 bits per heavy atom. The average Bonchev–Trinajstić information content (AvgIpc) is 2.70. The van der Waals surface area contributed by atoms with Crippen molar-refractivity contribution in [2.75, 3.05) is 40.3 Å². The van der Waals surface area contributed by atoms with Gasteiger partial charge < -0.3 is 15.5 Å². The van der Waals surface area contributed by atoms with Crippen molar-refractivity contribution < 1.29 is 4.79 Å². The van der Waals surface area contributed by atoms with Crippen molar-refractivity contribution in [2.45, 2.75) is 52.6 Å². The largest absolute Gasteiger partial charge is 0.357 e. The molecule has 1 fully saturated rings. The van der Waals surface area contributed by atoms with E-state index in [9.17, 15) is 4.79 Å². The monoisotopic (exact) mass is 401 g/mol. The van der Waals surface area contributed by atoms with E-state index in [0.29, 0.717) is 12.1 Å². The molecule has 1 atom stereocenters. The molecule has 1 aromatic rings. The Balaban J connectivity index is 1.96. The SMILES string of the molecule is CCNC(=NCc1ccc(C(=O)N(C)C)cc1)NCC(C)(C)N1CCCC(C)C1. The zero-order valence-corrected chi connectivity index (χ0v) is 19.1. The van der Waals surface area contributed by atoms with E-state index in [0.717, 1.165) is 30.5 Å². The first-order valence-corrected chi connectivity index (χ1v) is 10.8. The Labute approximate surface area is 176 Å². The summed E-state index contributed by atoms with van der Waals surface area (Å²) in [7, 11) is 3.53. The van der Waals surface area contributed by atoms with E-state index in [1.807, 2.05) is 24.3 Å². The van der Waals surface area contributed by atoms with Gasteiger partial charge in [-0.3, -0.25) is 9.69 Å². The van der Waals surface area contributed by atoms with Crippen LogP contribution in [0.5, 0.6) is 0 Å². The van der Waals surface area contributed by atoms with Crippen LogP contribution in [0, 0.1) is 5.92 Å². The van der Waals surface area contributed by atoms with Crippen LogP contribution >= 0.6 is 0 Å². The molecule has 1 heterocycles. The lowest BCUT2D eigenvalue weighted by atomic mass is 9.93. The summed E-state index contributed by atoms with van der Waals surface area (Å²) in [5.41, 5.74) is 1.87. The van der Waals surface area contributed by atoms with E-state index in [1.165, 1.54) is 25.9 Å². The highest BCUT2D eigenvalue weighted by molar-refractivity contribution is 5.93. The van der Waals surface area contributed by atoms with Crippen molar-refractivity contribution >= 4 is 11.9 Å². The number of hydrogen-bond donors (Lipinski definition) is 2. The number of nitrogens with zero attached hydrogens (tertiary/aromatic N) is 3. The van der Waals surface area contributed by atoms with Crippen LogP contribution < -0.4 is 10.6 Å². The van der Waals surface area contributed by atoms with Gasteiger partial charge in [0.15, 0.2) is 5.96 Å². The number of amides is 1. The predicted molar refractivity (Wildman–Crippen MR) is 121 cm³/mol. The molecule has 162 valence electrons. The minimum atomic E-state index is 0.0179. The van der Waals surface area contributed by atoms with Crippen LogP contribution in [-0.4, -0.2) is 67.5 Å². The molecule has 0 spiro atoms. The number of benzene rings is 1. The molecule has 6 heteroatoms. The van der Waals surface area contributed by atoms with E-state index >= 15 is 0 Å². The lowest BCUT2D eigenvalue weighted by molar-refractivity contribution is 0.0739. The Hall–Kier alpha value is -2.08. The fourth-order valence-electron chi connectivity index (χ4n) is 3.67. The summed E-state index contributed by atoms with van der Waals surface area (Å²) >= 11 is 0. The van der Waals surface area contributed by atoms with Gasteiger partial charge in [0.1, 0.15) is 0 Å². The van der Waals surface area contributed by atoms with Crippen LogP contribution in [0.25, 0.3) is 0 Å². The molecule has 0 aliphatic carbocycles. The van der Waals surface area contributed by atoms with E-state index in [-0.39, 0.29) is 11.4 Å². The van der Waals surface area contributed by atoms with Crippen molar-refractivity contribution in [1.29, 1.82) is 0 Å². The van der Waals surface area contributed by atoms with Gasteiger partial charge in [-0.2, -0.15) is 0 Å². The van der Waals surface area contributed by atoms with Gasteiger partial charge in [0.05, 0.1) is 6.54 Å². The molecule has 1 aliphatic rings. The summed E-state index contributed by atoms with van der Waals surface area (Å²) in [5.74, 6) is 1.62. The van der Waals surface area contributed by atoms with Crippen molar-refractivity contribution in [3.05, 3.63) is 35.4 Å². The maximum Gasteiger partial charge on any atom is 0.253 e. The van der Waals surface area contributed by atoms with E-state index in [4.69, 9.17) is 4.99 Å². The third kappa shape index (κ3) is 7.03. The molecule has 0 radical (unpaired) electrons. The van der Waals surface area contributed by atoms with Gasteiger partial charge in [-0.1, -0.05) is 19.1 Å². The van der Waals surface area contributed by atoms with Crippen LogP contribution in [-0.2, 0) is 6.54 Å². The van der Waals surface area contributed by atoms with Crippen molar-refractivity contribution in [3.63, 3.8) is 0 Å². The molecular weight excluding hydrogens is 362 g/mol. The smallest absolute Gasteiger partial charge is 0.253 e. The van der Waals surface area contributed by atoms with Gasteiger partial charge in [0.2, 0.25) is 0 Å². The second-order valence-electron chi connectivity index (χ2n) is 8.95. The van der Waals surface area contributed by atoms with Gasteiger partial charge in [0.25, 0.3) is 5.91 Å².